The van der Waals surface area contributed by atoms with Gasteiger partial charge in [-0.05, 0) is 31.7 Å². The number of rotatable bonds is 5. The molecule has 0 aromatic carbocycles. The van der Waals surface area contributed by atoms with Crippen LogP contribution in [-0.4, -0.2) is 52.1 Å². The van der Waals surface area contributed by atoms with E-state index in [1.807, 2.05) is 6.07 Å². The molecule has 0 unspecified atom stereocenters. The molecule has 1 atom stereocenters. The lowest BCUT2D eigenvalue weighted by Gasteiger charge is -2.34. The van der Waals surface area contributed by atoms with E-state index in [-0.39, 0.29) is 17.7 Å². The Hall–Kier alpha value is -2.48. The van der Waals surface area contributed by atoms with E-state index in [0.717, 1.165) is 18.3 Å². The summed E-state index contributed by atoms with van der Waals surface area (Å²) in [6, 6.07) is 1.51. The van der Waals surface area contributed by atoms with Crippen LogP contribution in [0.3, 0.4) is 0 Å². The highest BCUT2D eigenvalue weighted by atomic mass is 16.5. The summed E-state index contributed by atoms with van der Waals surface area (Å²) in [5.74, 6) is 2.17. The van der Waals surface area contributed by atoms with Crippen molar-refractivity contribution in [1.82, 2.24) is 19.9 Å². The Morgan fingerprint density at radius 2 is 2.28 bits per heavy atom. The first-order chi connectivity index (χ1) is 12.2. The van der Waals surface area contributed by atoms with Gasteiger partial charge in [-0.2, -0.15) is 0 Å². The van der Waals surface area contributed by atoms with E-state index < -0.39 is 0 Å². The molecule has 0 radical (unpaired) electrons. The summed E-state index contributed by atoms with van der Waals surface area (Å²) >= 11 is 0. The van der Waals surface area contributed by atoms with E-state index in [9.17, 15) is 4.79 Å². The number of aromatic nitrogens is 3. The molecule has 2 aliphatic rings. The Morgan fingerprint density at radius 3 is 3.04 bits per heavy atom. The minimum atomic E-state index is -0.339. The molecule has 132 valence electrons. The van der Waals surface area contributed by atoms with Crippen LogP contribution in [0.1, 0.15) is 41.0 Å². The molecule has 1 saturated heterocycles. The summed E-state index contributed by atoms with van der Waals surface area (Å²) in [6.45, 7) is 4.00. The molecule has 3 heterocycles. The second-order valence-corrected chi connectivity index (χ2v) is 6.48. The maximum absolute atomic E-state index is 12.8. The Labute approximate surface area is 145 Å². The van der Waals surface area contributed by atoms with Gasteiger partial charge in [-0.25, -0.2) is 15.0 Å². The van der Waals surface area contributed by atoms with Crippen molar-refractivity contribution in [3.8, 4) is 0 Å². The Kier molecular flexibility index (Phi) is 4.35. The quantitative estimate of drug-likeness (QED) is 0.885. The summed E-state index contributed by atoms with van der Waals surface area (Å²) in [5.41, 5.74) is 0.580. The van der Waals surface area contributed by atoms with Crippen LogP contribution in [0.2, 0.25) is 0 Å². The van der Waals surface area contributed by atoms with Gasteiger partial charge in [0.25, 0.3) is 5.91 Å². The van der Waals surface area contributed by atoms with E-state index in [0.29, 0.717) is 31.3 Å². The predicted molar refractivity (Wildman–Crippen MR) is 89.1 cm³/mol. The lowest BCUT2D eigenvalue weighted by Crippen LogP contribution is -2.44. The van der Waals surface area contributed by atoms with E-state index in [1.54, 1.807) is 18.0 Å². The third kappa shape index (κ3) is 3.48. The Morgan fingerprint density at radius 1 is 1.40 bits per heavy atom. The summed E-state index contributed by atoms with van der Waals surface area (Å²) in [7, 11) is 0. The molecule has 0 bridgehead atoms. The fourth-order valence-corrected chi connectivity index (χ4v) is 2.90. The second-order valence-electron chi connectivity index (χ2n) is 6.48. The number of amides is 1. The number of carbonyl (C=O) groups is 1. The standard InChI is InChI=1S/C17H21N5O3/c1-11-15(25-10-20-11)17(23)22-6-7-24-9-13(22)16-18-5-4-14(21-16)19-8-12-2-3-12/h4-5,10,12-13H,2-3,6-9H2,1H3,(H,18,19,21)/t13-/m0/s1. The number of aryl methyl sites for hydroxylation is 1. The number of morpholine rings is 1. The molecule has 2 aromatic heterocycles. The van der Waals surface area contributed by atoms with Gasteiger partial charge in [0, 0.05) is 19.3 Å². The number of nitrogens with zero attached hydrogens (tertiary/aromatic N) is 4. The molecular weight excluding hydrogens is 322 g/mol. The van der Waals surface area contributed by atoms with Crippen molar-refractivity contribution in [1.29, 1.82) is 0 Å². The van der Waals surface area contributed by atoms with Gasteiger partial charge in [-0.3, -0.25) is 4.79 Å². The van der Waals surface area contributed by atoms with Crippen molar-refractivity contribution in [2.24, 2.45) is 5.92 Å². The zero-order chi connectivity index (χ0) is 17.2. The van der Waals surface area contributed by atoms with Gasteiger partial charge in [-0.1, -0.05) is 0 Å². The zero-order valence-electron chi connectivity index (χ0n) is 14.1. The molecule has 1 saturated carbocycles. The second kappa shape index (κ2) is 6.79. The molecule has 8 nitrogen and oxygen atoms in total. The Bertz CT molecular complexity index is 758. The maximum atomic E-state index is 12.8. The topological polar surface area (TPSA) is 93.4 Å². The summed E-state index contributed by atoms with van der Waals surface area (Å²) in [4.78, 5) is 27.5. The van der Waals surface area contributed by atoms with Crippen molar-refractivity contribution in [3.63, 3.8) is 0 Å². The van der Waals surface area contributed by atoms with Crippen LogP contribution in [0, 0.1) is 12.8 Å². The van der Waals surface area contributed by atoms with Crippen molar-refractivity contribution < 1.29 is 13.9 Å². The molecule has 1 amide bonds. The van der Waals surface area contributed by atoms with E-state index >= 15 is 0 Å². The van der Waals surface area contributed by atoms with Gasteiger partial charge < -0.3 is 19.4 Å². The van der Waals surface area contributed by atoms with Gasteiger partial charge in [0.05, 0.1) is 18.9 Å². The smallest absolute Gasteiger partial charge is 0.292 e. The number of ether oxygens (including phenoxy) is 1. The molecule has 4 rings (SSSR count). The molecule has 2 fully saturated rings. The number of carbonyl (C=O) groups excluding carboxylic acids is 1. The number of nitrogens with one attached hydrogen (secondary N) is 1. The average Bonchev–Trinajstić information content (AvgIpc) is 3.39. The number of hydrogen-bond acceptors (Lipinski definition) is 7. The molecule has 1 N–H and O–H groups in total. The molecule has 1 aliphatic carbocycles. The fraction of sp³-hybridized carbons (Fsp3) is 0.529. The summed E-state index contributed by atoms with van der Waals surface area (Å²) in [6.07, 6.45) is 5.56. The van der Waals surface area contributed by atoms with Gasteiger partial charge in [0.15, 0.2) is 12.2 Å². The molecular formula is C17H21N5O3. The van der Waals surface area contributed by atoms with Crippen molar-refractivity contribution in [3.05, 3.63) is 35.9 Å². The first-order valence-electron chi connectivity index (χ1n) is 8.58. The highest BCUT2D eigenvalue weighted by molar-refractivity contribution is 5.92. The number of anilines is 1. The van der Waals surface area contributed by atoms with Crippen molar-refractivity contribution in [2.45, 2.75) is 25.8 Å². The molecule has 25 heavy (non-hydrogen) atoms. The minimum absolute atomic E-state index is 0.205. The first-order valence-corrected chi connectivity index (χ1v) is 8.58. The van der Waals surface area contributed by atoms with Gasteiger partial charge in [0.2, 0.25) is 5.76 Å². The van der Waals surface area contributed by atoms with Crippen LogP contribution < -0.4 is 5.32 Å². The minimum Gasteiger partial charge on any atom is -0.438 e. The van der Waals surface area contributed by atoms with Crippen LogP contribution in [0.5, 0.6) is 0 Å². The number of hydrogen-bond donors (Lipinski definition) is 1. The van der Waals surface area contributed by atoms with E-state index in [1.165, 1.54) is 19.2 Å². The van der Waals surface area contributed by atoms with Crippen LogP contribution in [0.15, 0.2) is 23.1 Å². The monoisotopic (exact) mass is 343 g/mol. The zero-order valence-corrected chi connectivity index (χ0v) is 14.1. The lowest BCUT2D eigenvalue weighted by molar-refractivity contribution is -0.00677. The fourth-order valence-electron chi connectivity index (χ4n) is 2.90. The van der Waals surface area contributed by atoms with Gasteiger partial charge >= 0.3 is 0 Å². The predicted octanol–water partition coefficient (Wildman–Crippen LogP) is 1.81. The normalized spacial score (nSPS) is 20.5. The van der Waals surface area contributed by atoms with E-state index in [4.69, 9.17) is 9.15 Å². The third-order valence-electron chi connectivity index (χ3n) is 4.57. The van der Waals surface area contributed by atoms with Crippen LogP contribution in [0.4, 0.5) is 5.82 Å². The lowest BCUT2D eigenvalue weighted by atomic mass is 10.2. The average molecular weight is 343 g/mol. The molecule has 0 spiro atoms. The summed E-state index contributed by atoms with van der Waals surface area (Å²) < 4.78 is 10.8. The SMILES string of the molecule is Cc1ncoc1C(=O)N1CCOC[C@H]1c1nccc(NCC2CC2)n1. The van der Waals surface area contributed by atoms with Crippen LogP contribution >= 0.6 is 0 Å². The van der Waals surface area contributed by atoms with Gasteiger partial charge in [0.1, 0.15) is 11.9 Å². The highest BCUT2D eigenvalue weighted by Crippen LogP contribution is 2.29. The Balaban J connectivity index is 1.55. The molecule has 8 heteroatoms. The maximum Gasteiger partial charge on any atom is 0.292 e. The first kappa shape index (κ1) is 16.0. The largest absolute Gasteiger partial charge is 0.438 e. The molecule has 1 aliphatic heterocycles. The molecule has 2 aromatic rings. The van der Waals surface area contributed by atoms with Crippen molar-refractivity contribution in [2.75, 3.05) is 31.6 Å². The van der Waals surface area contributed by atoms with E-state index in [2.05, 4.69) is 20.3 Å². The highest BCUT2D eigenvalue weighted by Gasteiger charge is 2.33. The summed E-state index contributed by atoms with van der Waals surface area (Å²) in [5, 5.41) is 3.34. The van der Waals surface area contributed by atoms with Crippen LogP contribution in [-0.2, 0) is 4.74 Å². The van der Waals surface area contributed by atoms with Crippen LogP contribution in [0.25, 0.3) is 0 Å². The number of oxazole rings is 1. The third-order valence-corrected chi connectivity index (χ3v) is 4.57. The van der Waals surface area contributed by atoms with Gasteiger partial charge in [-0.15, -0.1) is 0 Å². The van der Waals surface area contributed by atoms with Crippen molar-refractivity contribution >= 4 is 11.7 Å².